The smallest absolute Gasteiger partial charge is 0.244 e. The van der Waals surface area contributed by atoms with Gasteiger partial charge in [0.05, 0.1) is 13.4 Å². The van der Waals surface area contributed by atoms with E-state index in [1.54, 1.807) is 13.4 Å². The summed E-state index contributed by atoms with van der Waals surface area (Å²) >= 11 is 9.09. The number of halogens is 2. The van der Waals surface area contributed by atoms with E-state index in [4.69, 9.17) is 16.3 Å². The number of hydrogen-bond donors (Lipinski definition) is 0. The maximum Gasteiger partial charge on any atom is 0.244 e. The molecule has 0 radical (unpaired) electrons. The van der Waals surface area contributed by atoms with Gasteiger partial charge in [-0.05, 0) is 11.6 Å². The molecule has 2 rings (SSSR count). The van der Waals surface area contributed by atoms with Gasteiger partial charge in [-0.25, -0.2) is 4.98 Å². The van der Waals surface area contributed by atoms with Crippen molar-refractivity contribution in [3.63, 3.8) is 0 Å². The van der Waals surface area contributed by atoms with Crippen LogP contribution in [0.3, 0.4) is 0 Å². The van der Waals surface area contributed by atoms with Crippen molar-refractivity contribution in [2.24, 2.45) is 0 Å². The van der Waals surface area contributed by atoms with Crippen LogP contribution in [0.1, 0.15) is 0 Å². The second-order valence-corrected chi connectivity index (χ2v) is 3.93. The molecule has 5 nitrogen and oxygen atoms in total. The van der Waals surface area contributed by atoms with Gasteiger partial charge in [0.15, 0.2) is 11.2 Å². The molecule has 0 aromatic carbocycles. The second kappa shape index (κ2) is 4.32. The maximum absolute atomic E-state index is 5.73. The van der Waals surface area contributed by atoms with Crippen molar-refractivity contribution in [3.05, 3.63) is 11.6 Å². The van der Waals surface area contributed by atoms with Gasteiger partial charge in [0, 0.05) is 11.9 Å². The number of rotatable bonds is 3. The summed E-state index contributed by atoms with van der Waals surface area (Å²) in [7, 11) is 1.55. The maximum atomic E-state index is 5.73. The standard InChI is InChI=1S/C8H8BrClN4O/c1-15-7-5-6(12-8(10)13-7)11-4-14(5)3-2-9/h4H,2-3H2,1H3. The van der Waals surface area contributed by atoms with Gasteiger partial charge in [-0.15, -0.1) is 0 Å². The highest BCUT2D eigenvalue weighted by atomic mass is 79.9. The Morgan fingerprint density at radius 2 is 2.33 bits per heavy atom. The van der Waals surface area contributed by atoms with Crippen LogP contribution in [0.25, 0.3) is 11.2 Å². The predicted molar refractivity (Wildman–Crippen MR) is 60.7 cm³/mol. The Morgan fingerprint density at radius 3 is 3.00 bits per heavy atom. The minimum absolute atomic E-state index is 0.142. The first-order valence-corrected chi connectivity index (χ1v) is 5.74. The zero-order chi connectivity index (χ0) is 10.8. The third-order valence-corrected chi connectivity index (χ3v) is 2.46. The lowest BCUT2D eigenvalue weighted by atomic mass is 10.5. The summed E-state index contributed by atoms with van der Waals surface area (Å²) in [5.74, 6) is 0.448. The number of ether oxygens (including phenoxy) is 1. The van der Waals surface area contributed by atoms with Crippen molar-refractivity contribution >= 4 is 38.7 Å². The van der Waals surface area contributed by atoms with Gasteiger partial charge >= 0.3 is 0 Å². The van der Waals surface area contributed by atoms with E-state index in [2.05, 4.69) is 30.9 Å². The Kier molecular flexibility index (Phi) is 3.06. The molecule has 0 spiro atoms. The van der Waals surface area contributed by atoms with Gasteiger partial charge in [-0.3, -0.25) is 0 Å². The van der Waals surface area contributed by atoms with Gasteiger partial charge < -0.3 is 9.30 Å². The molecule has 0 saturated heterocycles. The first-order valence-electron chi connectivity index (χ1n) is 4.24. The minimum atomic E-state index is 0.142. The van der Waals surface area contributed by atoms with Crippen molar-refractivity contribution in [1.29, 1.82) is 0 Å². The van der Waals surface area contributed by atoms with Crippen molar-refractivity contribution < 1.29 is 4.74 Å². The summed E-state index contributed by atoms with van der Waals surface area (Å²) in [6.07, 6.45) is 1.69. The molecule has 2 heterocycles. The number of fused-ring (bicyclic) bond motifs is 1. The Balaban J connectivity index is 2.66. The molecule has 80 valence electrons. The monoisotopic (exact) mass is 290 g/mol. The fourth-order valence-electron chi connectivity index (χ4n) is 1.32. The number of imidazole rings is 1. The lowest BCUT2D eigenvalue weighted by Crippen LogP contribution is -2.00. The molecule has 2 aromatic heterocycles. The highest BCUT2D eigenvalue weighted by Gasteiger charge is 2.12. The van der Waals surface area contributed by atoms with Crippen LogP contribution >= 0.6 is 27.5 Å². The van der Waals surface area contributed by atoms with Crippen molar-refractivity contribution in [1.82, 2.24) is 19.5 Å². The Bertz CT molecular complexity index is 487. The van der Waals surface area contributed by atoms with Crippen LogP contribution < -0.4 is 4.74 Å². The first kappa shape index (κ1) is 10.6. The van der Waals surface area contributed by atoms with Gasteiger partial charge in [0.2, 0.25) is 11.2 Å². The van der Waals surface area contributed by atoms with Gasteiger partial charge in [-0.1, -0.05) is 15.9 Å². The van der Waals surface area contributed by atoms with Gasteiger partial charge in [0.1, 0.15) is 0 Å². The summed E-state index contributed by atoms with van der Waals surface area (Å²) < 4.78 is 7.06. The summed E-state index contributed by atoms with van der Waals surface area (Å²) in [6.45, 7) is 0.776. The lowest BCUT2D eigenvalue weighted by Gasteiger charge is -2.04. The molecule has 0 N–H and O–H groups in total. The van der Waals surface area contributed by atoms with Crippen LogP contribution in [0.4, 0.5) is 0 Å². The molecule has 0 aliphatic rings. The molecule has 0 aliphatic heterocycles. The number of nitrogens with zero attached hydrogens (tertiary/aromatic N) is 4. The number of aryl methyl sites for hydroxylation is 1. The lowest BCUT2D eigenvalue weighted by molar-refractivity contribution is 0.400. The Hall–Kier alpha value is -0.880. The van der Waals surface area contributed by atoms with Crippen LogP contribution in [0.15, 0.2) is 6.33 Å². The molecular formula is C8H8BrClN4O. The van der Waals surface area contributed by atoms with E-state index in [0.717, 1.165) is 17.4 Å². The van der Waals surface area contributed by atoms with E-state index >= 15 is 0 Å². The summed E-state index contributed by atoms with van der Waals surface area (Å²) in [4.78, 5) is 12.1. The van der Waals surface area contributed by atoms with E-state index in [1.807, 2.05) is 4.57 Å². The molecule has 0 fully saturated rings. The number of methoxy groups -OCH3 is 1. The Morgan fingerprint density at radius 1 is 1.53 bits per heavy atom. The molecule has 0 unspecified atom stereocenters. The predicted octanol–water partition coefficient (Wildman–Crippen LogP) is 1.88. The van der Waals surface area contributed by atoms with Gasteiger partial charge in [-0.2, -0.15) is 9.97 Å². The molecular weight excluding hydrogens is 283 g/mol. The molecule has 0 aliphatic carbocycles. The van der Waals surface area contributed by atoms with Crippen LogP contribution in [0, 0.1) is 0 Å². The largest absolute Gasteiger partial charge is 0.479 e. The Labute approximate surface area is 99.6 Å². The van der Waals surface area contributed by atoms with Crippen LogP contribution in [-0.4, -0.2) is 32.0 Å². The zero-order valence-corrected chi connectivity index (χ0v) is 10.3. The molecule has 7 heteroatoms. The molecule has 0 atom stereocenters. The van der Waals surface area contributed by atoms with Crippen molar-refractivity contribution in [3.8, 4) is 5.88 Å². The van der Waals surface area contributed by atoms with E-state index in [9.17, 15) is 0 Å². The number of alkyl halides is 1. The normalized spacial score (nSPS) is 10.9. The molecule has 0 amide bonds. The van der Waals surface area contributed by atoms with Crippen LogP contribution in [0.5, 0.6) is 5.88 Å². The van der Waals surface area contributed by atoms with Gasteiger partial charge in [0.25, 0.3) is 0 Å². The number of aromatic nitrogens is 4. The van der Waals surface area contributed by atoms with Crippen molar-refractivity contribution in [2.45, 2.75) is 6.54 Å². The fraction of sp³-hybridized carbons (Fsp3) is 0.375. The van der Waals surface area contributed by atoms with E-state index < -0.39 is 0 Å². The van der Waals surface area contributed by atoms with Crippen molar-refractivity contribution in [2.75, 3.05) is 12.4 Å². The zero-order valence-electron chi connectivity index (χ0n) is 7.94. The highest BCUT2D eigenvalue weighted by Crippen LogP contribution is 2.23. The number of hydrogen-bond acceptors (Lipinski definition) is 4. The second-order valence-electron chi connectivity index (χ2n) is 2.80. The van der Waals surface area contributed by atoms with E-state index in [0.29, 0.717) is 11.5 Å². The van der Waals surface area contributed by atoms with E-state index in [-0.39, 0.29) is 5.28 Å². The fourth-order valence-corrected chi connectivity index (χ4v) is 1.86. The third-order valence-electron chi connectivity index (χ3n) is 1.93. The third kappa shape index (κ3) is 1.91. The van der Waals surface area contributed by atoms with Crippen LogP contribution in [-0.2, 0) is 6.54 Å². The minimum Gasteiger partial charge on any atom is -0.479 e. The molecule has 2 aromatic rings. The summed E-state index contributed by atoms with van der Waals surface area (Å²) in [6, 6.07) is 0. The van der Waals surface area contributed by atoms with E-state index in [1.165, 1.54) is 0 Å². The average molecular weight is 292 g/mol. The molecule has 0 saturated carbocycles. The molecule has 15 heavy (non-hydrogen) atoms. The SMILES string of the molecule is COc1nc(Cl)nc2ncn(CCBr)c12. The van der Waals surface area contributed by atoms with Crippen LogP contribution in [0.2, 0.25) is 5.28 Å². The average Bonchev–Trinajstić information content (AvgIpc) is 2.61. The summed E-state index contributed by atoms with van der Waals surface area (Å²) in [5, 5.41) is 0.966. The molecule has 0 bridgehead atoms. The highest BCUT2D eigenvalue weighted by molar-refractivity contribution is 9.09. The topological polar surface area (TPSA) is 52.8 Å². The first-order chi connectivity index (χ1) is 7.26. The summed E-state index contributed by atoms with van der Waals surface area (Å²) in [5.41, 5.74) is 1.31. The quantitative estimate of drug-likeness (QED) is 0.640.